The standard InChI is InChI=1S/C17H16Cl2FNO2/c1-10(12-3-6-14(20)7-4-12)21-17(22)11(2)23-16-9-13(18)5-8-15(16)19/h3-11H,1-2H3,(H,21,22)/t10-,11+/m1/s1. The van der Waals surface area contributed by atoms with Gasteiger partial charge in [0.05, 0.1) is 11.1 Å². The predicted molar refractivity (Wildman–Crippen MR) is 89.5 cm³/mol. The van der Waals surface area contributed by atoms with Gasteiger partial charge in [0.25, 0.3) is 5.91 Å². The normalized spacial score (nSPS) is 13.3. The zero-order valence-electron chi connectivity index (χ0n) is 12.6. The molecular formula is C17H16Cl2FNO2. The first-order valence-corrected chi connectivity index (χ1v) is 7.80. The maximum absolute atomic E-state index is 12.9. The van der Waals surface area contributed by atoms with E-state index in [9.17, 15) is 9.18 Å². The van der Waals surface area contributed by atoms with E-state index in [4.69, 9.17) is 27.9 Å². The number of rotatable bonds is 5. The summed E-state index contributed by atoms with van der Waals surface area (Å²) in [6, 6.07) is 10.5. The van der Waals surface area contributed by atoms with Crippen LogP contribution >= 0.6 is 23.2 Å². The second-order valence-corrected chi connectivity index (χ2v) is 5.96. The van der Waals surface area contributed by atoms with Crippen LogP contribution in [0.3, 0.4) is 0 Å². The molecular weight excluding hydrogens is 340 g/mol. The Bertz CT molecular complexity index is 691. The molecule has 2 atom stereocenters. The van der Waals surface area contributed by atoms with E-state index in [0.717, 1.165) is 5.56 Å². The number of nitrogens with one attached hydrogen (secondary N) is 1. The number of benzene rings is 2. The summed E-state index contributed by atoms with van der Waals surface area (Å²) in [6.07, 6.45) is -0.756. The summed E-state index contributed by atoms with van der Waals surface area (Å²) < 4.78 is 18.5. The third kappa shape index (κ3) is 4.85. The predicted octanol–water partition coefficient (Wildman–Crippen LogP) is 4.78. The van der Waals surface area contributed by atoms with Crippen molar-refractivity contribution in [3.63, 3.8) is 0 Å². The fraction of sp³-hybridized carbons (Fsp3) is 0.235. The van der Waals surface area contributed by atoms with Crippen LogP contribution < -0.4 is 10.1 Å². The lowest BCUT2D eigenvalue weighted by atomic mass is 10.1. The Morgan fingerprint density at radius 2 is 1.78 bits per heavy atom. The smallest absolute Gasteiger partial charge is 0.261 e. The molecule has 0 aliphatic carbocycles. The van der Waals surface area contributed by atoms with E-state index in [-0.39, 0.29) is 17.8 Å². The van der Waals surface area contributed by atoms with E-state index in [2.05, 4.69) is 5.32 Å². The van der Waals surface area contributed by atoms with E-state index in [1.165, 1.54) is 12.1 Å². The minimum atomic E-state index is -0.756. The highest BCUT2D eigenvalue weighted by Crippen LogP contribution is 2.28. The lowest BCUT2D eigenvalue weighted by Crippen LogP contribution is -2.37. The molecule has 0 unspecified atom stereocenters. The Kier molecular flexibility index (Phi) is 5.85. The Labute approximate surface area is 144 Å². The van der Waals surface area contributed by atoms with Gasteiger partial charge in [-0.3, -0.25) is 4.79 Å². The lowest BCUT2D eigenvalue weighted by Gasteiger charge is -2.19. The monoisotopic (exact) mass is 355 g/mol. The molecule has 0 spiro atoms. The summed E-state index contributed by atoms with van der Waals surface area (Å²) >= 11 is 11.9. The van der Waals surface area contributed by atoms with Gasteiger partial charge < -0.3 is 10.1 Å². The fourth-order valence-corrected chi connectivity index (χ4v) is 2.30. The van der Waals surface area contributed by atoms with Crippen LogP contribution in [0.5, 0.6) is 5.75 Å². The van der Waals surface area contributed by atoms with Crippen LogP contribution in [0.2, 0.25) is 10.0 Å². The van der Waals surface area contributed by atoms with Gasteiger partial charge in [0.2, 0.25) is 0 Å². The quantitative estimate of drug-likeness (QED) is 0.838. The van der Waals surface area contributed by atoms with Crippen LogP contribution in [-0.2, 0) is 4.79 Å². The van der Waals surface area contributed by atoms with Crippen molar-refractivity contribution in [2.24, 2.45) is 0 Å². The van der Waals surface area contributed by atoms with Crippen molar-refractivity contribution < 1.29 is 13.9 Å². The minimum Gasteiger partial charge on any atom is -0.479 e. The Morgan fingerprint density at radius 3 is 2.43 bits per heavy atom. The highest BCUT2D eigenvalue weighted by molar-refractivity contribution is 6.34. The second kappa shape index (κ2) is 7.66. The summed E-state index contributed by atoms with van der Waals surface area (Å²) in [4.78, 5) is 12.2. The van der Waals surface area contributed by atoms with Crippen LogP contribution in [0.1, 0.15) is 25.5 Å². The third-order valence-corrected chi connectivity index (χ3v) is 3.84. The van der Waals surface area contributed by atoms with Gasteiger partial charge in [0, 0.05) is 11.1 Å². The molecule has 122 valence electrons. The van der Waals surface area contributed by atoms with Crippen LogP contribution in [0.25, 0.3) is 0 Å². The van der Waals surface area contributed by atoms with Gasteiger partial charge >= 0.3 is 0 Å². The maximum Gasteiger partial charge on any atom is 0.261 e. The Balaban J connectivity index is 1.99. The van der Waals surface area contributed by atoms with Crippen molar-refractivity contribution in [2.75, 3.05) is 0 Å². The van der Waals surface area contributed by atoms with Crippen molar-refractivity contribution in [3.8, 4) is 5.75 Å². The zero-order chi connectivity index (χ0) is 17.0. The zero-order valence-corrected chi connectivity index (χ0v) is 14.2. The molecule has 0 heterocycles. The van der Waals surface area contributed by atoms with E-state index in [1.54, 1.807) is 37.3 Å². The number of carbonyl (C=O) groups excluding carboxylic acids is 1. The molecule has 2 rings (SSSR count). The number of amides is 1. The summed E-state index contributed by atoms with van der Waals surface area (Å²) in [5, 5.41) is 3.65. The molecule has 0 saturated heterocycles. The van der Waals surface area contributed by atoms with Gasteiger partial charge in [0.15, 0.2) is 6.10 Å². The lowest BCUT2D eigenvalue weighted by molar-refractivity contribution is -0.127. The molecule has 0 fully saturated rings. The van der Waals surface area contributed by atoms with Gasteiger partial charge in [0.1, 0.15) is 11.6 Å². The van der Waals surface area contributed by atoms with Crippen LogP contribution in [0.4, 0.5) is 4.39 Å². The number of carbonyl (C=O) groups is 1. The molecule has 0 aromatic heterocycles. The van der Waals surface area contributed by atoms with Gasteiger partial charge in [-0.15, -0.1) is 0 Å². The molecule has 1 amide bonds. The summed E-state index contributed by atoms with van der Waals surface area (Å²) in [7, 11) is 0. The molecule has 2 aromatic carbocycles. The van der Waals surface area contributed by atoms with Crippen molar-refractivity contribution in [2.45, 2.75) is 26.0 Å². The first-order valence-electron chi connectivity index (χ1n) is 7.04. The molecule has 2 aromatic rings. The molecule has 0 aliphatic rings. The summed E-state index contributed by atoms with van der Waals surface area (Å²) in [5.41, 5.74) is 0.799. The van der Waals surface area contributed by atoms with E-state index in [1.807, 2.05) is 6.92 Å². The van der Waals surface area contributed by atoms with E-state index < -0.39 is 6.10 Å². The van der Waals surface area contributed by atoms with Crippen molar-refractivity contribution in [1.29, 1.82) is 0 Å². The minimum absolute atomic E-state index is 0.274. The Hall–Kier alpha value is -1.78. The summed E-state index contributed by atoms with van der Waals surface area (Å²) in [5.74, 6) is -0.284. The number of hydrogen-bond donors (Lipinski definition) is 1. The third-order valence-electron chi connectivity index (χ3n) is 3.29. The number of halogens is 3. The highest BCUT2D eigenvalue weighted by atomic mass is 35.5. The largest absolute Gasteiger partial charge is 0.479 e. The Morgan fingerprint density at radius 1 is 1.13 bits per heavy atom. The molecule has 0 saturated carbocycles. The maximum atomic E-state index is 12.9. The van der Waals surface area contributed by atoms with E-state index >= 15 is 0 Å². The first kappa shape index (κ1) is 17.6. The molecule has 23 heavy (non-hydrogen) atoms. The molecule has 0 bridgehead atoms. The molecule has 1 N–H and O–H groups in total. The van der Waals surface area contributed by atoms with Crippen molar-refractivity contribution in [3.05, 3.63) is 63.9 Å². The fourth-order valence-electron chi connectivity index (χ4n) is 1.98. The average molecular weight is 356 g/mol. The van der Waals surface area contributed by atoms with Crippen LogP contribution in [-0.4, -0.2) is 12.0 Å². The van der Waals surface area contributed by atoms with Gasteiger partial charge in [-0.1, -0.05) is 35.3 Å². The van der Waals surface area contributed by atoms with E-state index in [0.29, 0.717) is 15.8 Å². The first-order chi connectivity index (χ1) is 10.9. The molecule has 0 aliphatic heterocycles. The van der Waals surface area contributed by atoms with Gasteiger partial charge in [-0.05, 0) is 43.7 Å². The summed E-state index contributed by atoms with van der Waals surface area (Å²) in [6.45, 7) is 3.42. The van der Waals surface area contributed by atoms with Gasteiger partial charge in [-0.25, -0.2) is 4.39 Å². The highest BCUT2D eigenvalue weighted by Gasteiger charge is 2.19. The van der Waals surface area contributed by atoms with Crippen LogP contribution in [0, 0.1) is 5.82 Å². The molecule has 6 heteroatoms. The van der Waals surface area contributed by atoms with Crippen molar-refractivity contribution in [1.82, 2.24) is 5.32 Å². The second-order valence-electron chi connectivity index (χ2n) is 5.12. The van der Waals surface area contributed by atoms with Crippen LogP contribution in [0.15, 0.2) is 42.5 Å². The average Bonchev–Trinajstić information content (AvgIpc) is 2.51. The molecule has 0 radical (unpaired) electrons. The topological polar surface area (TPSA) is 38.3 Å². The number of hydrogen-bond acceptors (Lipinski definition) is 2. The van der Waals surface area contributed by atoms with Crippen molar-refractivity contribution >= 4 is 29.1 Å². The number of ether oxygens (including phenoxy) is 1. The van der Waals surface area contributed by atoms with Gasteiger partial charge in [-0.2, -0.15) is 0 Å². The SMILES string of the molecule is C[C@H](Oc1cc(Cl)ccc1Cl)C(=O)N[C@H](C)c1ccc(F)cc1. The molecule has 3 nitrogen and oxygen atoms in total.